The number of anilines is 3. The lowest BCUT2D eigenvalue weighted by molar-refractivity contribution is -0.111. The Hall–Kier alpha value is -4.41. The number of terminal acetylenes is 1. The number of fused-ring (bicyclic) bond motifs is 1. The van der Waals surface area contributed by atoms with Crippen molar-refractivity contribution < 1.29 is 19.4 Å². The van der Waals surface area contributed by atoms with Gasteiger partial charge in [-0.2, -0.15) is 5.26 Å². The zero-order valence-electron chi connectivity index (χ0n) is 22.9. The standard InChI is InChI=1S/C32H35N5O4/c1-2-22-8-6-9-24(16-22)36-32-23(19-34)20-35-28-18-30(41-26-13-15-40-21-26)29(17-27(28)32)37-31(39)12-7-11-25(38)10-4-3-5-14-33/h1,6-9,12,16-18,20,25-26,38H,3-5,10-11,13-15,21,33H2,(H,35,36)(H,37,39)/b12-7+. The molecule has 1 saturated heterocycles. The molecule has 1 aromatic heterocycles. The van der Waals surface area contributed by atoms with Crippen molar-refractivity contribution in [2.24, 2.45) is 5.73 Å². The minimum absolute atomic E-state index is 0.157. The van der Waals surface area contributed by atoms with E-state index in [4.69, 9.17) is 21.6 Å². The molecular formula is C32H35N5O4. The summed E-state index contributed by atoms with van der Waals surface area (Å²) >= 11 is 0. The Bertz CT molecular complexity index is 1470. The van der Waals surface area contributed by atoms with Crippen LogP contribution in [0.25, 0.3) is 10.9 Å². The molecule has 1 amide bonds. The van der Waals surface area contributed by atoms with E-state index in [-0.39, 0.29) is 12.0 Å². The van der Waals surface area contributed by atoms with Crippen molar-refractivity contribution in [3.05, 3.63) is 65.9 Å². The molecule has 1 aliphatic heterocycles. The predicted octanol–water partition coefficient (Wildman–Crippen LogP) is 4.76. The first-order valence-electron chi connectivity index (χ1n) is 13.8. The molecule has 2 aromatic carbocycles. The second-order valence-corrected chi connectivity index (χ2v) is 9.90. The number of nitrogens with two attached hydrogens (primary N) is 1. The number of nitriles is 1. The van der Waals surface area contributed by atoms with Gasteiger partial charge in [-0.25, -0.2) is 0 Å². The Labute approximate surface area is 240 Å². The normalized spacial score (nSPS) is 15.4. The monoisotopic (exact) mass is 553 g/mol. The third-order valence-electron chi connectivity index (χ3n) is 6.75. The quantitative estimate of drug-likeness (QED) is 0.135. The van der Waals surface area contributed by atoms with Gasteiger partial charge >= 0.3 is 0 Å². The van der Waals surface area contributed by atoms with Gasteiger partial charge in [-0.15, -0.1) is 6.42 Å². The number of hydrogen-bond donors (Lipinski definition) is 4. The molecule has 1 aliphatic rings. The zero-order valence-corrected chi connectivity index (χ0v) is 22.9. The maximum Gasteiger partial charge on any atom is 0.248 e. The summed E-state index contributed by atoms with van der Waals surface area (Å²) in [6.07, 6.45) is 14.0. The molecule has 0 saturated carbocycles. The van der Waals surface area contributed by atoms with Crippen LogP contribution in [-0.4, -0.2) is 48.0 Å². The van der Waals surface area contributed by atoms with Crippen LogP contribution >= 0.6 is 0 Å². The van der Waals surface area contributed by atoms with Crippen molar-refractivity contribution in [3.8, 4) is 24.2 Å². The molecule has 4 rings (SSSR count). The molecule has 0 aliphatic carbocycles. The molecule has 2 atom stereocenters. The molecule has 41 heavy (non-hydrogen) atoms. The van der Waals surface area contributed by atoms with Crippen molar-refractivity contribution >= 4 is 33.9 Å². The van der Waals surface area contributed by atoms with Gasteiger partial charge in [-0.1, -0.05) is 30.9 Å². The number of carbonyl (C=O) groups is 1. The van der Waals surface area contributed by atoms with Crippen molar-refractivity contribution in [1.29, 1.82) is 5.26 Å². The van der Waals surface area contributed by atoms with Gasteiger partial charge in [0, 0.05) is 35.3 Å². The number of aliphatic hydroxyl groups excluding tert-OH is 1. The van der Waals surface area contributed by atoms with E-state index in [9.17, 15) is 15.2 Å². The molecule has 5 N–H and O–H groups in total. The predicted molar refractivity (Wildman–Crippen MR) is 160 cm³/mol. The van der Waals surface area contributed by atoms with Crippen molar-refractivity contribution in [2.45, 2.75) is 50.7 Å². The molecule has 0 bridgehead atoms. The van der Waals surface area contributed by atoms with E-state index in [1.54, 1.807) is 18.2 Å². The van der Waals surface area contributed by atoms with E-state index >= 15 is 0 Å². The Morgan fingerprint density at radius 1 is 1.32 bits per heavy atom. The topological polar surface area (TPSA) is 143 Å². The number of rotatable bonds is 13. The lowest BCUT2D eigenvalue weighted by Gasteiger charge is -2.18. The first-order chi connectivity index (χ1) is 20.0. The lowest BCUT2D eigenvalue weighted by atomic mass is 10.1. The summed E-state index contributed by atoms with van der Waals surface area (Å²) in [7, 11) is 0. The van der Waals surface area contributed by atoms with Crippen LogP contribution in [0.15, 0.2) is 54.7 Å². The number of aliphatic hydroxyl groups is 1. The Morgan fingerprint density at radius 3 is 2.95 bits per heavy atom. The van der Waals surface area contributed by atoms with Gasteiger partial charge in [0.15, 0.2) is 0 Å². The van der Waals surface area contributed by atoms with Gasteiger partial charge in [-0.05, 0) is 56.1 Å². The molecule has 9 nitrogen and oxygen atoms in total. The van der Waals surface area contributed by atoms with E-state index in [2.05, 4.69) is 27.6 Å². The fourth-order valence-electron chi connectivity index (χ4n) is 4.58. The Balaban J connectivity index is 1.61. The summed E-state index contributed by atoms with van der Waals surface area (Å²) in [4.78, 5) is 17.4. The molecule has 1 fully saturated rings. The highest BCUT2D eigenvalue weighted by Crippen LogP contribution is 2.37. The van der Waals surface area contributed by atoms with Crippen LogP contribution in [0.3, 0.4) is 0 Å². The average Bonchev–Trinajstić information content (AvgIpc) is 3.49. The summed E-state index contributed by atoms with van der Waals surface area (Å²) < 4.78 is 11.7. The summed E-state index contributed by atoms with van der Waals surface area (Å²) in [5.74, 6) is 2.70. The van der Waals surface area contributed by atoms with E-state index in [0.29, 0.717) is 77.4 Å². The number of unbranched alkanes of at least 4 members (excludes halogenated alkanes) is 2. The van der Waals surface area contributed by atoms with Gasteiger partial charge in [0.1, 0.15) is 17.9 Å². The number of pyridine rings is 1. The first-order valence-corrected chi connectivity index (χ1v) is 13.8. The number of nitrogens with zero attached hydrogens (tertiary/aromatic N) is 2. The maximum atomic E-state index is 12.9. The largest absolute Gasteiger partial charge is 0.486 e. The van der Waals surface area contributed by atoms with Crippen LogP contribution in [0.2, 0.25) is 0 Å². The van der Waals surface area contributed by atoms with Gasteiger partial charge in [0.05, 0.1) is 41.8 Å². The molecule has 2 unspecified atom stereocenters. The number of hydrogen-bond acceptors (Lipinski definition) is 8. The molecule has 9 heteroatoms. The van der Waals surface area contributed by atoms with E-state index < -0.39 is 6.10 Å². The van der Waals surface area contributed by atoms with Crippen LogP contribution in [0, 0.1) is 23.7 Å². The molecule has 0 spiro atoms. The summed E-state index contributed by atoms with van der Waals surface area (Å²) in [5.41, 5.74) is 8.80. The maximum absolute atomic E-state index is 12.9. The molecule has 0 radical (unpaired) electrons. The molecule has 3 aromatic rings. The Morgan fingerprint density at radius 2 is 2.20 bits per heavy atom. The summed E-state index contributed by atoms with van der Waals surface area (Å²) in [5, 5.41) is 26.9. The van der Waals surface area contributed by atoms with Crippen LogP contribution in [0.5, 0.6) is 5.75 Å². The summed E-state index contributed by atoms with van der Waals surface area (Å²) in [6.45, 7) is 1.70. The van der Waals surface area contributed by atoms with Crippen molar-refractivity contribution in [1.82, 2.24) is 4.98 Å². The van der Waals surface area contributed by atoms with E-state index in [0.717, 1.165) is 25.7 Å². The highest BCUT2D eigenvalue weighted by Gasteiger charge is 2.21. The van der Waals surface area contributed by atoms with Crippen LogP contribution in [0.1, 0.15) is 49.7 Å². The van der Waals surface area contributed by atoms with E-state index in [1.807, 2.05) is 24.3 Å². The smallest absolute Gasteiger partial charge is 0.248 e. The fourth-order valence-corrected chi connectivity index (χ4v) is 4.58. The molecule has 212 valence electrons. The molecule has 2 heterocycles. The SMILES string of the molecule is C#Cc1cccc(Nc2c(C#N)cnc3cc(OC4CCOC4)c(NC(=O)/C=C/CC(O)CCCCCN)cc23)c1. The third kappa shape index (κ3) is 8.29. The number of ether oxygens (including phenoxy) is 2. The third-order valence-corrected chi connectivity index (χ3v) is 6.75. The van der Waals surface area contributed by atoms with Gasteiger partial charge in [0.25, 0.3) is 0 Å². The minimum atomic E-state index is -0.518. The van der Waals surface area contributed by atoms with Crippen LogP contribution in [-0.2, 0) is 9.53 Å². The minimum Gasteiger partial charge on any atom is -0.486 e. The zero-order chi connectivity index (χ0) is 29.0. The van der Waals surface area contributed by atoms with Gasteiger partial charge in [0.2, 0.25) is 5.91 Å². The van der Waals surface area contributed by atoms with Crippen LogP contribution in [0.4, 0.5) is 17.1 Å². The highest BCUT2D eigenvalue weighted by molar-refractivity contribution is 6.04. The average molecular weight is 554 g/mol. The Kier molecular flexibility index (Phi) is 10.7. The number of carbonyl (C=O) groups excluding carboxylic acids is 1. The first kappa shape index (κ1) is 29.6. The second-order valence-electron chi connectivity index (χ2n) is 9.90. The van der Waals surface area contributed by atoms with E-state index in [1.165, 1.54) is 12.3 Å². The number of aromatic nitrogens is 1. The lowest BCUT2D eigenvalue weighted by Crippen LogP contribution is -2.18. The van der Waals surface area contributed by atoms with Gasteiger partial charge in [-0.3, -0.25) is 9.78 Å². The molecular weight excluding hydrogens is 518 g/mol. The summed E-state index contributed by atoms with van der Waals surface area (Å²) in [6, 6.07) is 13.0. The highest BCUT2D eigenvalue weighted by atomic mass is 16.5. The van der Waals surface area contributed by atoms with Crippen molar-refractivity contribution in [2.75, 3.05) is 30.4 Å². The number of nitrogens with one attached hydrogen (secondary N) is 2. The second kappa shape index (κ2) is 14.8. The van der Waals surface area contributed by atoms with Gasteiger partial charge < -0.3 is 30.9 Å². The fraction of sp³-hybridized carbons (Fsp3) is 0.344. The van der Waals surface area contributed by atoms with Crippen LogP contribution < -0.4 is 21.1 Å². The number of benzene rings is 2. The number of amides is 1. The van der Waals surface area contributed by atoms with Crippen molar-refractivity contribution in [3.63, 3.8) is 0 Å².